The van der Waals surface area contributed by atoms with Gasteiger partial charge in [0.25, 0.3) is 5.91 Å². The molecule has 6 nitrogen and oxygen atoms in total. The Kier molecular flexibility index (Phi) is 5.02. The smallest absolute Gasteiger partial charge is 0.311 e. The molecule has 0 bridgehead atoms. The zero-order chi connectivity index (χ0) is 19.8. The maximum atomic E-state index is 12.5. The normalized spacial score (nSPS) is 24.6. The zero-order valence-electron chi connectivity index (χ0n) is 16.2. The number of carboxylic acid groups (broad SMARTS) is 1. The second-order valence-corrected chi connectivity index (χ2v) is 8.83. The molecule has 0 spiro atoms. The van der Waals surface area contributed by atoms with E-state index < -0.39 is 11.4 Å². The maximum absolute atomic E-state index is 12.5. The molecule has 1 aliphatic carbocycles. The van der Waals surface area contributed by atoms with Gasteiger partial charge in [-0.1, -0.05) is 39.3 Å². The van der Waals surface area contributed by atoms with Crippen LogP contribution in [0.5, 0.6) is 0 Å². The van der Waals surface area contributed by atoms with Gasteiger partial charge in [-0.3, -0.25) is 14.4 Å². The number of nitrogens with one attached hydrogen (secondary N) is 1. The molecule has 3 rings (SSSR count). The molecule has 2 aliphatic rings. The Morgan fingerprint density at radius 1 is 1.22 bits per heavy atom. The number of aliphatic carboxylic acids is 1. The van der Waals surface area contributed by atoms with E-state index in [2.05, 4.69) is 26.1 Å². The van der Waals surface area contributed by atoms with Crippen LogP contribution >= 0.6 is 0 Å². The fourth-order valence-corrected chi connectivity index (χ4v) is 4.32. The van der Waals surface area contributed by atoms with Crippen molar-refractivity contribution in [3.8, 4) is 0 Å². The number of nitrogens with zero attached hydrogens (tertiary/aromatic N) is 1. The molecule has 2 amide bonds. The van der Waals surface area contributed by atoms with Gasteiger partial charge in [0, 0.05) is 18.7 Å². The van der Waals surface area contributed by atoms with E-state index in [9.17, 15) is 19.5 Å². The molecule has 2 fully saturated rings. The predicted octanol–water partition coefficient (Wildman–Crippen LogP) is 2.43. The minimum atomic E-state index is -0.803. The second-order valence-electron chi connectivity index (χ2n) is 8.83. The fraction of sp³-hybridized carbons (Fsp3) is 0.571. The minimum Gasteiger partial charge on any atom is -0.481 e. The summed E-state index contributed by atoms with van der Waals surface area (Å²) in [6, 6.07) is 7.38. The van der Waals surface area contributed by atoms with Gasteiger partial charge in [-0.25, -0.2) is 0 Å². The summed E-state index contributed by atoms with van der Waals surface area (Å²) in [4.78, 5) is 38.1. The van der Waals surface area contributed by atoms with Gasteiger partial charge in [-0.05, 0) is 41.9 Å². The standard InChI is InChI=1S/C21H28N2O4/c1-20(2,3)15-8-6-14(7-9-15)18(25)22-11-17(24)23-12-16-5-4-10-21(16,13-23)19(26)27/h6-9,16H,4-5,10-13H2,1-3H3,(H,22,25)(H,26,27)/t16-,21+/m0/s1. The van der Waals surface area contributed by atoms with Crippen molar-refractivity contribution in [1.29, 1.82) is 0 Å². The van der Waals surface area contributed by atoms with Crippen molar-refractivity contribution in [1.82, 2.24) is 10.2 Å². The first-order valence-corrected chi connectivity index (χ1v) is 9.53. The van der Waals surface area contributed by atoms with Crippen LogP contribution in [0.3, 0.4) is 0 Å². The molecular formula is C21H28N2O4. The summed E-state index contributed by atoms with van der Waals surface area (Å²) in [6.45, 7) is 6.94. The molecule has 1 aliphatic heterocycles. The van der Waals surface area contributed by atoms with E-state index in [1.807, 2.05) is 12.1 Å². The third-order valence-corrected chi connectivity index (χ3v) is 6.06. The fourth-order valence-electron chi connectivity index (χ4n) is 4.32. The van der Waals surface area contributed by atoms with Crippen molar-refractivity contribution in [3.05, 3.63) is 35.4 Å². The summed E-state index contributed by atoms with van der Waals surface area (Å²) in [5.41, 5.74) is 0.871. The van der Waals surface area contributed by atoms with Crippen LogP contribution in [-0.2, 0) is 15.0 Å². The van der Waals surface area contributed by atoms with E-state index in [-0.39, 0.29) is 36.2 Å². The van der Waals surface area contributed by atoms with Crippen LogP contribution in [0.1, 0.15) is 56.0 Å². The number of amides is 2. The van der Waals surface area contributed by atoms with Crippen molar-refractivity contribution in [2.24, 2.45) is 11.3 Å². The SMILES string of the molecule is CC(C)(C)c1ccc(C(=O)NCC(=O)N2C[C@@H]3CCC[C@@]3(C(=O)O)C2)cc1. The molecule has 1 saturated heterocycles. The van der Waals surface area contributed by atoms with Gasteiger partial charge < -0.3 is 15.3 Å². The van der Waals surface area contributed by atoms with Gasteiger partial charge in [-0.2, -0.15) is 0 Å². The van der Waals surface area contributed by atoms with Crippen molar-refractivity contribution in [2.75, 3.05) is 19.6 Å². The van der Waals surface area contributed by atoms with Crippen molar-refractivity contribution >= 4 is 17.8 Å². The van der Waals surface area contributed by atoms with E-state index >= 15 is 0 Å². The van der Waals surface area contributed by atoms with Crippen LogP contribution < -0.4 is 5.32 Å². The lowest BCUT2D eigenvalue weighted by atomic mass is 9.81. The summed E-state index contributed by atoms with van der Waals surface area (Å²) in [5.74, 6) is -1.29. The van der Waals surface area contributed by atoms with Gasteiger partial charge in [0.05, 0.1) is 12.0 Å². The largest absolute Gasteiger partial charge is 0.481 e. The van der Waals surface area contributed by atoms with Gasteiger partial charge in [0.15, 0.2) is 0 Å². The number of rotatable bonds is 4. The molecule has 1 aromatic rings. The van der Waals surface area contributed by atoms with Crippen molar-refractivity contribution in [2.45, 2.75) is 45.4 Å². The lowest BCUT2D eigenvalue weighted by Crippen LogP contribution is -2.41. The molecule has 1 saturated carbocycles. The molecule has 2 atom stereocenters. The molecular weight excluding hydrogens is 344 g/mol. The minimum absolute atomic E-state index is 0.0128. The molecule has 1 aromatic carbocycles. The Balaban J connectivity index is 1.57. The number of hydrogen-bond donors (Lipinski definition) is 2. The first-order valence-electron chi connectivity index (χ1n) is 9.53. The van der Waals surface area contributed by atoms with E-state index in [1.165, 1.54) is 0 Å². The van der Waals surface area contributed by atoms with Crippen molar-refractivity contribution < 1.29 is 19.5 Å². The van der Waals surface area contributed by atoms with Crippen LogP contribution in [0.15, 0.2) is 24.3 Å². The highest BCUT2D eigenvalue weighted by atomic mass is 16.4. The lowest BCUT2D eigenvalue weighted by Gasteiger charge is -2.23. The van der Waals surface area contributed by atoms with Gasteiger partial charge in [0.1, 0.15) is 0 Å². The van der Waals surface area contributed by atoms with Crippen LogP contribution in [0.2, 0.25) is 0 Å². The number of fused-ring (bicyclic) bond motifs is 1. The number of benzene rings is 1. The Bertz CT molecular complexity index is 750. The second kappa shape index (κ2) is 6.98. The molecule has 6 heteroatoms. The highest BCUT2D eigenvalue weighted by Gasteiger charge is 2.55. The molecule has 27 heavy (non-hydrogen) atoms. The third-order valence-electron chi connectivity index (χ3n) is 6.06. The highest BCUT2D eigenvalue weighted by Crippen LogP contribution is 2.48. The molecule has 0 unspecified atom stereocenters. The molecule has 0 aromatic heterocycles. The molecule has 2 N–H and O–H groups in total. The van der Waals surface area contributed by atoms with E-state index in [4.69, 9.17) is 0 Å². The Morgan fingerprint density at radius 2 is 1.89 bits per heavy atom. The quantitative estimate of drug-likeness (QED) is 0.850. The number of carbonyl (C=O) groups is 3. The topological polar surface area (TPSA) is 86.7 Å². The first kappa shape index (κ1) is 19.4. The lowest BCUT2D eigenvalue weighted by molar-refractivity contribution is -0.149. The molecule has 146 valence electrons. The average Bonchev–Trinajstić information content (AvgIpc) is 3.17. The van der Waals surface area contributed by atoms with Gasteiger partial charge in [-0.15, -0.1) is 0 Å². The molecule has 0 radical (unpaired) electrons. The van der Waals surface area contributed by atoms with E-state index in [1.54, 1.807) is 17.0 Å². The maximum Gasteiger partial charge on any atom is 0.311 e. The summed E-state index contributed by atoms with van der Waals surface area (Å²) in [5, 5.41) is 12.3. The summed E-state index contributed by atoms with van der Waals surface area (Å²) < 4.78 is 0. The van der Waals surface area contributed by atoms with Crippen LogP contribution in [0.25, 0.3) is 0 Å². The number of likely N-dealkylation sites (tertiary alicyclic amines) is 1. The van der Waals surface area contributed by atoms with Gasteiger partial charge >= 0.3 is 5.97 Å². The van der Waals surface area contributed by atoms with E-state index in [0.29, 0.717) is 18.5 Å². The monoisotopic (exact) mass is 372 g/mol. The number of carbonyl (C=O) groups excluding carboxylic acids is 2. The van der Waals surface area contributed by atoms with Crippen LogP contribution in [0.4, 0.5) is 0 Å². The average molecular weight is 372 g/mol. The zero-order valence-corrected chi connectivity index (χ0v) is 16.2. The van der Waals surface area contributed by atoms with E-state index in [0.717, 1.165) is 18.4 Å². The number of hydrogen-bond acceptors (Lipinski definition) is 3. The Hall–Kier alpha value is -2.37. The van der Waals surface area contributed by atoms with Crippen molar-refractivity contribution in [3.63, 3.8) is 0 Å². The van der Waals surface area contributed by atoms with Gasteiger partial charge in [0.2, 0.25) is 5.91 Å². The predicted molar refractivity (Wildman–Crippen MR) is 101 cm³/mol. The third kappa shape index (κ3) is 3.70. The Labute approximate surface area is 159 Å². The number of carboxylic acids is 1. The summed E-state index contributed by atoms with van der Waals surface area (Å²) in [7, 11) is 0. The highest BCUT2D eigenvalue weighted by molar-refractivity contribution is 5.96. The summed E-state index contributed by atoms with van der Waals surface area (Å²) >= 11 is 0. The molecule has 1 heterocycles. The Morgan fingerprint density at radius 3 is 2.44 bits per heavy atom. The van der Waals surface area contributed by atoms with Crippen LogP contribution in [0, 0.1) is 11.3 Å². The van der Waals surface area contributed by atoms with Crippen LogP contribution in [-0.4, -0.2) is 47.4 Å². The summed E-state index contributed by atoms with van der Waals surface area (Å²) in [6.07, 6.45) is 2.38. The first-order chi connectivity index (χ1) is 12.6.